The predicted molar refractivity (Wildman–Crippen MR) is 84.2 cm³/mol. The van der Waals surface area contributed by atoms with Crippen LogP contribution in [0, 0.1) is 0 Å². The van der Waals surface area contributed by atoms with E-state index in [1.54, 1.807) is 11.6 Å². The minimum absolute atomic E-state index is 0.0381. The number of hydrogen-bond acceptors (Lipinski definition) is 2. The average molecular weight is 264 g/mol. The molecule has 1 heterocycles. The van der Waals surface area contributed by atoms with Gasteiger partial charge in [-0.1, -0.05) is 30.3 Å². The number of benzene rings is 2. The van der Waals surface area contributed by atoms with Gasteiger partial charge in [0.05, 0.1) is 0 Å². The molecule has 0 atom stereocenters. The lowest BCUT2D eigenvalue weighted by molar-refractivity contribution is 0.875. The topological polar surface area (TPSA) is 34.0 Å². The summed E-state index contributed by atoms with van der Waals surface area (Å²) in [5.41, 5.74) is 3.29. The number of aromatic nitrogens is 1. The summed E-state index contributed by atoms with van der Waals surface area (Å²) >= 11 is 0. The molecular formula is C17H16N2O. The van der Waals surface area contributed by atoms with Crippen molar-refractivity contribution in [3.05, 3.63) is 65.1 Å². The number of fused-ring (bicyclic) bond motifs is 1. The summed E-state index contributed by atoms with van der Waals surface area (Å²) in [5.74, 6) is 0. The molecule has 0 unspecified atom stereocenters. The van der Waals surface area contributed by atoms with Crippen LogP contribution in [0.25, 0.3) is 21.9 Å². The zero-order chi connectivity index (χ0) is 14.1. The molecular weight excluding hydrogens is 248 g/mol. The van der Waals surface area contributed by atoms with E-state index in [1.807, 2.05) is 49.6 Å². The van der Waals surface area contributed by atoms with E-state index in [0.29, 0.717) is 0 Å². The van der Waals surface area contributed by atoms with Crippen molar-refractivity contribution in [1.82, 2.24) is 4.57 Å². The molecule has 0 aliphatic carbocycles. The molecule has 0 aliphatic heterocycles. The van der Waals surface area contributed by atoms with E-state index in [-0.39, 0.29) is 5.56 Å². The van der Waals surface area contributed by atoms with E-state index in [9.17, 15) is 4.79 Å². The maximum atomic E-state index is 12.2. The zero-order valence-electron chi connectivity index (χ0n) is 11.6. The molecule has 0 saturated heterocycles. The van der Waals surface area contributed by atoms with Gasteiger partial charge in [0, 0.05) is 36.9 Å². The summed E-state index contributed by atoms with van der Waals surface area (Å²) in [7, 11) is 3.69. The van der Waals surface area contributed by atoms with Crippen molar-refractivity contribution in [3.8, 4) is 11.1 Å². The van der Waals surface area contributed by atoms with E-state index < -0.39 is 0 Å². The summed E-state index contributed by atoms with van der Waals surface area (Å²) < 4.78 is 1.64. The Morgan fingerprint density at radius 1 is 0.950 bits per heavy atom. The molecule has 3 aromatic rings. The normalized spacial score (nSPS) is 10.7. The third-order valence-corrected chi connectivity index (χ3v) is 3.58. The SMILES string of the molecule is CNc1ccc(-c2cn(C)c(=O)c3ccccc23)cc1. The highest BCUT2D eigenvalue weighted by Gasteiger charge is 2.08. The van der Waals surface area contributed by atoms with E-state index in [2.05, 4.69) is 17.4 Å². The quantitative estimate of drug-likeness (QED) is 0.771. The Labute approximate surface area is 117 Å². The fourth-order valence-corrected chi connectivity index (χ4v) is 2.46. The number of nitrogens with zero attached hydrogens (tertiary/aromatic N) is 1. The number of rotatable bonds is 2. The molecule has 3 nitrogen and oxygen atoms in total. The molecule has 0 amide bonds. The lowest BCUT2D eigenvalue weighted by atomic mass is 10.0. The fraction of sp³-hybridized carbons (Fsp3) is 0.118. The molecule has 0 bridgehead atoms. The summed E-state index contributed by atoms with van der Waals surface area (Å²) in [6.45, 7) is 0. The Kier molecular flexibility index (Phi) is 3.03. The molecule has 0 saturated carbocycles. The Balaban J connectivity index is 2.30. The van der Waals surface area contributed by atoms with E-state index in [4.69, 9.17) is 0 Å². The molecule has 0 radical (unpaired) electrons. The van der Waals surface area contributed by atoms with E-state index in [0.717, 1.165) is 27.6 Å². The van der Waals surface area contributed by atoms with Gasteiger partial charge >= 0.3 is 0 Å². The van der Waals surface area contributed by atoms with Crippen LogP contribution < -0.4 is 10.9 Å². The van der Waals surface area contributed by atoms with Crippen LogP contribution in [-0.2, 0) is 7.05 Å². The van der Waals surface area contributed by atoms with Gasteiger partial charge in [0.15, 0.2) is 0 Å². The highest BCUT2D eigenvalue weighted by atomic mass is 16.1. The fourth-order valence-electron chi connectivity index (χ4n) is 2.46. The summed E-state index contributed by atoms with van der Waals surface area (Å²) in [6, 6.07) is 16.0. The first kappa shape index (κ1) is 12.5. The van der Waals surface area contributed by atoms with Crippen LogP contribution in [0.4, 0.5) is 5.69 Å². The van der Waals surface area contributed by atoms with E-state index >= 15 is 0 Å². The number of aryl methyl sites for hydroxylation is 1. The second-order valence-electron chi connectivity index (χ2n) is 4.83. The van der Waals surface area contributed by atoms with Crippen LogP contribution in [0.5, 0.6) is 0 Å². The van der Waals surface area contributed by atoms with Crippen LogP contribution >= 0.6 is 0 Å². The third-order valence-electron chi connectivity index (χ3n) is 3.58. The van der Waals surface area contributed by atoms with Crippen LogP contribution in [0.15, 0.2) is 59.5 Å². The van der Waals surface area contributed by atoms with Gasteiger partial charge in [0.2, 0.25) is 0 Å². The Morgan fingerprint density at radius 3 is 2.25 bits per heavy atom. The largest absolute Gasteiger partial charge is 0.388 e. The highest BCUT2D eigenvalue weighted by Crippen LogP contribution is 2.27. The monoisotopic (exact) mass is 264 g/mol. The minimum atomic E-state index is 0.0381. The van der Waals surface area contributed by atoms with Crippen LogP contribution in [0.1, 0.15) is 0 Å². The number of hydrogen-bond donors (Lipinski definition) is 1. The average Bonchev–Trinajstić information content (AvgIpc) is 2.51. The van der Waals surface area contributed by atoms with Crippen LogP contribution in [0.3, 0.4) is 0 Å². The smallest absolute Gasteiger partial charge is 0.258 e. The molecule has 3 rings (SSSR count). The van der Waals surface area contributed by atoms with Crippen molar-refractivity contribution in [2.24, 2.45) is 7.05 Å². The molecule has 2 aromatic carbocycles. The molecule has 100 valence electrons. The van der Waals surface area contributed by atoms with Gasteiger partial charge in [-0.2, -0.15) is 0 Å². The van der Waals surface area contributed by atoms with Crippen molar-refractivity contribution < 1.29 is 0 Å². The molecule has 1 N–H and O–H groups in total. The van der Waals surface area contributed by atoms with Gasteiger partial charge < -0.3 is 9.88 Å². The number of pyridine rings is 1. The van der Waals surface area contributed by atoms with Gasteiger partial charge in [0.1, 0.15) is 0 Å². The van der Waals surface area contributed by atoms with Gasteiger partial charge in [-0.25, -0.2) is 0 Å². The van der Waals surface area contributed by atoms with Crippen LogP contribution in [-0.4, -0.2) is 11.6 Å². The molecule has 20 heavy (non-hydrogen) atoms. The standard InChI is InChI=1S/C17H16N2O/c1-18-13-9-7-12(8-10-13)16-11-19(2)17(20)15-6-4-3-5-14(15)16/h3-11,18H,1-2H3. The van der Waals surface area contributed by atoms with Crippen LogP contribution in [0.2, 0.25) is 0 Å². The minimum Gasteiger partial charge on any atom is -0.388 e. The predicted octanol–water partition coefficient (Wildman–Crippen LogP) is 3.25. The van der Waals surface area contributed by atoms with Gasteiger partial charge in [0.25, 0.3) is 5.56 Å². The van der Waals surface area contributed by atoms with Crippen molar-refractivity contribution in [2.45, 2.75) is 0 Å². The number of anilines is 1. The third kappa shape index (κ3) is 1.97. The molecule has 0 aliphatic rings. The number of nitrogens with one attached hydrogen (secondary N) is 1. The lowest BCUT2D eigenvalue weighted by Gasteiger charge is -2.10. The summed E-state index contributed by atoms with van der Waals surface area (Å²) in [5, 5.41) is 4.86. The maximum absolute atomic E-state index is 12.2. The van der Waals surface area contributed by atoms with Gasteiger partial charge in [-0.15, -0.1) is 0 Å². The van der Waals surface area contributed by atoms with Gasteiger partial charge in [-0.3, -0.25) is 4.79 Å². The second-order valence-corrected chi connectivity index (χ2v) is 4.83. The first-order chi connectivity index (χ1) is 9.70. The van der Waals surface area contributed by atoms with Crippen molar-refractivity contribution in [1.29, 1.82) is 0 Å². The Hall–Kier alpha value is -2.55. The molecule has 3 heteroatoms. The summed E-state index contributed by atoms with van der Waals surface area (Å²) in [6.07, 6.45) is 1.90. The van der Waals surface area contributed by atoms with Crippen molar-refractivity contribution in [2.75, 3.05) is 12.4 Å². The molecule has 0 fully saturated rings. The van der Waals surface area contributed by atoms with Crippen molar-refractivity contribution >= 4 is 16.5 Å². The Bertz CT molecular complexity index is 817. The maximum Gasteiger partial charge on any atom is 0.258 e. The lowest BCUT2D eigenvalue weighted by Crippen LogP contribution is -2.16. The van der Waals surface area contributed by atoms with Gasteiger partial charge in [-0.05, 0) is 29.1 Å². The zero-order valence-corrected chi connectivity index (χ0v) is 11.6. The Morgan fingerprint density at radius 2 is 1.60 bits per heavy atom. The summed E-state index contributed by atoms with van der Waals surface area (Å²) in [4.78, 5) is 12.2. The first-order valence-electron chi connectivity index (χ1n) is 6.57. The molecule has 0 spiro atoms. The molecule has 1 aromatic heterocycles. The first-order valence-corrected chi connectivity index (χ1v) is 6.57. The van der Waals surface area contributed by atoms with E-state index in [1.165, 1.54) is 0 Å². The highest BCUT2D eigenvalue weighted by molar-refractivity contribution is 5.95. The second kappa shape index (κ2) is 4.85. The van der Waals surface area contributed by atoms with Crippen molar-refractivity contribution in [3.63, 3.8) is 0 Å².